The molecule has 1 fully saturated rings. The van der Waals surface area contributed by atoms with Crippen molar-refractivity contribution in [1.82, 2.24) is 0 Å². The Kier molecular flexibility index (Phi) is 14.1. The van der Waals surface area contributed by atoms with Crippen molar-refractivity contribution in [2.24, 2.45) is 5.92 Å². The summed E-state index contributed by atoms with van der Waals surface area (Å²) in [4.78, 5) is 13.3. The fraction of sp³-hybridized carbons (Fsp3) is 0.738. The molecule has 0 aromatic heterocycles. The summed E-state index contributed by atoms with van der Waals surface area (Å²) in [5, 5.41) is -0.0515. The average molecular weight is 741 g/mol. The molecule has 0 spiro atoms. The van der Waals surface area contributed by atoms with E-state index in [1.165, 1.54) is 5.57 Å². The maximum atomic E-state index is 13.3. The Balaban J connectivity index is 1.77. The van der Waals surface area contributed by atoms with Crippen LogP contribution in [0.1, 0.15) is 100 Å². The summed E-state index contributed by atoms with van der Waals surface area (Å²) < 4.78 is 40.3. The highest BCUT2D eigenvalue weighted by molar-refractivity contribution is 6.74. The molecular formula is C42H68O7Si2. The van der Waals surface area contributed by atoms with Crippen molar-refractivity contribution in [1.29, 1.82) is 0 Å². The zero-order chi connectivity index (χ0) is 37.8. The molecule has 0 aliphatic carbocycles. The summed E-state index contributed by atoms with van der Waals surface area (Å²) in [6, 6.07) is 0. The van der Waals surface area contributed by atoms with E-state index in [1.54, 1.807) is 0 Å². The molecule has 0 aromatic carbocycles. The van der Waals surface area contributed by atoms with Gasteiger partial charge in [-0.15, -0.1) is 0 Å². The predicted octanol–water partition coefficient (Wildman–Crippen LogP) is 9.61. The van der Waals surface area contributed by atoms with E-state index in [9.17, 15) is 4.79 Å². The molecule has 7 nitrogen and oxygen atoms in total. The number of fused-ring (bicyclic) bond motifs is 4. The van der Waals surface area contributed by atoms with E-state index in [1.807, 2.05) is 6.08 Å². The molecule has 0 radical (unpaired) electrons. The Hall–Kier alpha value is -1.78. The van der Waals surface area contributed by atoms with Crippen molar-refractivity contribution in [2.45, 2.75) is 185 Å². The van der Waals surface area contributed by atoms with E-state index in [-0.39, 0.29) is 46.7 Å². The third-order valence-electron chi connectivity index (χ3n) is 11.8. The first-order valence-corrected chi connectivity index (χ1v) is 25.1. The zero-order valence-corrected chi connectivity index (χ0v) is 35.8. The van der Waals surface area contributed by atoms with E-state index >= 15 is 0 Å². The molecule has 286 valence electrons. The van der Waals surface area contributed by atoms with Gasteiger partial charge in [0.1, 0.15) is 12.2 Å². The van der Waals surface area contributed by atoms with Crippen molar-refractivity contribution >= 4 is 22.6 Å². The molecular weight excluding hydrogens is 673 g/mol. The Morgan fingerprint density at radius 2 is 1.61 bits per heavy atom. The van der Waals surface area contributed by atoms with Crippen molar-refractivity contribution in [3.8, 4) is 11.8 Å². The third-order valence-corrected chi connectivity index (χ3v) is 20.8. The largest absolute Gasteiger partial charge is 0.450 e. The molecule has 1 saturated heterocycles. The lowest BCUT2D eigenvalue weighted by Gasteiger charge is -2.46. The van der Waals surface area contributed by atoms with Gasteiger partial charge in [0.25, 0.3) is 0 Å². The summed E-state index contributed by atoms with van der Waals surface area (Å²) in [6.07, 6.45) is 13.4. The molecule has 9 atom stereocenters. The normalized spacial score (nSPS) is 33.6. The second kappa shape index (κ2) is 17.1. The Bertz CT molecular complexity index is 1370. The van der Waals surface area contributed by atoms with Crippen LogP contribution in [0.3, 0.4) is 0 Å². The van der Waals surface area contributed by atoms with Crippen LogP contribution in [0.15, 0.2) is 48.1 Å². The average Bonchev–Trinajstić information content (AvgIpc) is 3.38. The van der Waals surface area contributed by atoms with Crippen LogP contribution < -0.4 is 0 Å². The van der Waals surface area contributed by atoms with Crippen LogP contribution in [0.5, 0.6) is 0 Å². The maximum Gasteiger partial charge on any atom is 0.384 e. The van der Waals surface area contributed by atoms with Crippen molar-refractivity contribution in [3.63, 3.8) is 0 Å². The van der Waals surface area contributed by atoms with Gasteiger partial charge in [0.2, 0.25) is 0 Å². The summed E-state index contributed by atoms with van der Waals surface area (Å²) in [6.45, 7) is 32.5. The Labute approximate surface area is 312 Å². The summed E-state index contributed by atoms with van der Waals surface area (Å²) >= 11 is 0. The van der Waals surface area contributed by atoms with Gasteiger partial charge in [-0.3, -0.25) is 0 Å². The molecule has 4 bridgehead atoms. The molecule has 51 heavy (non-hydrogen) atoms. The maximum absolute atomic E-state index is 13.3. The van der Waals surface area contributed by atoms with Gasteiger partial charge in [-0.2, -0.15) is 0 Å². The molecule has 0 saturated carbocycles. The topological polar surface area (TPSA) is 72.5 Å². The highest BCUT2D eigenvalue weighted by atomic mass is 28.4. The number of esters is 1. The SMILES string of the molecule is C=C1C[C@H](C)C[C@@H]2CC=C[C@@H](CC#CC(=O)O[C@H]3C[C@@H](O[C@H]3/C=C/[C@@H]3CC(C)=CCO3)[C@@H](O[Si](C)(C)C(C)(C)C)[C@@H](O[Si](C)(C)C(C)(C)C)C1)O2. The monoisotopic (exact) mass is 740 g/mol. The standard InChI is InChI=1S/C42H68O7Si2/c1-29-22-23-44-33(25-29)20-21-35-36-28-37(46-35)40(49-51(12,13)42(7,8)9)38(48-50(10,11)41(4,5)6)27-31(3)24-30(2)26-34-18-14-16-32(45-34)17-15-19-39(43)47-36/h14,16,20-22,30,32-38,40H,3,17-18,23-28H2,1-2,4-13H3/b21-20+/t30-,32-,33+,34-,35-,36-,37+,38-,40+/m0/s1. The third kappa shape index (κ3) is 11.9. The summed E-state index contributed by atoms with van der Waals surface area (Å²) in [7, 11) is -4.62. The molecule has 0 N–H and O–H groups in total. The van der Waals surface area contributed by atoms with Gasteiger partial charge in [-0.1, -0.05) is 102 Å². The molecule has 4 heterocycles. The molecule has 4 aliphatic heterocycles. The van der Waals surface area contributed by atoms with E-state index in [2.05, 4.69) is 124 Å². The number of carbonyl (C=O) groups excluding carboxylic acids is 1. The first-order valence-electron chi connectivity index (χ1n) is 19.3. The fourth-order valence-corrected chi connectivity index (χ4v) is 9.47. The predicted molar refractivity (Wildman–Crippen MR) is 212 cm³/mol. The van der Waals surface area contributed by atoms with Crippen LogP contribution in [-0.2, 0) is 32.6 Å². The number of hydrogen-bond donors (Lipinski definition) is 0. The van der Waals surface area contributed by atoms with Gasteiger partial charge in [0.15, 0.2) is 16.6 Å². The smallest absolute Gasteiger partial charge is 0.384 e. The molecule has 4 rings (SSSR count). The lowest BCUT2D eigenvalue weighted by atomic mass is 9.90. The number of ether oxygens (including phenoxy) is 4. The number of carbonyl (C=O) groups is 1. The van der Waals surface area contributed by atoms with E-state index in [4.69, 9.17) is 27.8 Å². The number of rotatable bonds is 6. The Morgan fingerprint density at radius 3 is 2.27 bits per heavy atom. The van der Waals surface area contributed by atoms with Crippen LogP contribution in [0.2, 0.25) is 36.3 Å². The molecule has 0 amide bonds. The zero-order valence-electron chi connectivity index (χ0n) is 33.8. The molecule has 0 unspecified atom stereocenters. The highest BCUT2D eigenvalue weighted by Gasteiger charge is 2.50. The van der Waals surface area contributed by atoms with Crippen LogP contribution in [0.25, 0.3) is 0 Å². The first kappa shape index (κ1) is 42.0. The second-order valence-electron chi connectivity index (χ2n) is 18.6. The second-order valence-corrected chi connectivity index (χ2v) is 28.1. The van der Waals surface area contributed by atoms with Crippen molar-refractivity contribution in [3.05, 3.63) is 48.1 Å². The van der Waals surface area contributed by atoms with Gasteiger partial charge in [-0.25, -0.2) is 4.79 Å². The molecule has 9 heteroatoms. The van der Waals surface area contributed by atoms with Crippen LogP contribution >= 0.6 is 0 Å². The Morgan fingerprint density at radius 1 is 0.922 bits per heavy atom. The van der Waals surface area contributed by atoms with Crippen molar-refractivity contribution in [2.75, 3.05) is 6.61 Å². The van der Waals surface area contributed by atoms with Crippen LogP contribution in [0.4, 0.5) is 0 Å². The fourth-order valence-electron chi connectivity index (χ4n) is 6.80. The minimum absolute atomic E-state index is 0.0113. The van der Waals surface area contributed by atoms with E-state index in [0.29, 0.717) is 31.8 Å². The van der Waals surface area contributed by atoms with E-state index < -0.39 is 34.8 Å². The highest BCUT2D eigenvalue weighted by Crippen LogP contribution is 2.44. The van der Waals surface area contributed by atoms with Crippen LogP contribution in [-0.4, -0.2) is 78.0 Å². The summed E-state index contributed by atoms with van der Waals surface area (Å²) in [5.41, 5.74) is 2.45. The number of hydrogen-bond acceptors (Lipinski definition) is 7. The minimum atomic E-state index is -2.34. The molecule has 4 aliphatic rings. The first-order chi connectivity index (χ1) is 23.6. The van der Waals surface area contributed by atoms with Crippen LogP contribution in [0, 0.1) is 17.8 Å². The van der Waals surface area contributed by atoms with Gasteiger partial charge in [0, 0.05) is 18.8 Å². The summed E-state index contributed by atoms with van der Waals surface area (Å²) in [5.74, 6) is 5.63. The van der Waals surface area contributed by atoms with E-state index in [0.717, 1.165) is 31.3 Å². The van der Waals surface area contributed by atoms with Gasteiger partial charge < -0.3 is 27.8 Å². The quantitative estimate of drug-likeness (QED) is 0.0883. The lowest BCUT2D eigenvalue weighted by molar-refractivity contribution is -0.143. The van der Waals surface area contributed by atoms with Gasteiger partial charge in [0.05, 0.1) is 43.2 Å². The van der Waals surface area contributed by atoms with Gasteiger partial charge >= 0.3 is 5.97 Å². The molecule has 0 aromatic rings. The van der Waals surface area contributed by atoms with Gasteiger partial charge in [-0.05, 0) is 81.2 Å². The minimum Gasteiger partial charge on any atom is -0.450 e. The lowest BCUT2D eigenvalue weighted by Crippen LogP contribution is -2.55. The van der Waals surface area contributed by atoms with Crippen molar-refractivity contribution < 1.29 is 32.6 Å².